The van der Waals surface area contributed by atoms with Gasteiger partial charge in [0, 0.05) is 11.4 Å². The van der Waals surface area contributed by atoms with Crippen LogP contribution in [0.2, 0.25) is 0 Å². The monoisotopic (exact) mass is 434 g/mol. The van der Waals surface area contributed by atoms with E-state index in [1.54, 1.807) is 0 Å². The molecule has 0 saturated carbocycles. The molecule has 0 radical (unpaired) electrons. The summed E-state index contributed by atoms with van der Waals surface area (Å²) in [5, 5.41) is 0. The Morgan fingerprint density at radius 2 is 0.690 bits per heavy atom. The fraction of sp³-hybridized carbons (Fsp3) is 0.294. The molecule has 2 aromatic carbocycles. The van der Waals surface area contributed by atoms with Crippen molar-refractivity contribution in [3.63, 3.8) is 0 Å². The Morgan fingerprint density at radius 3 is 0.897 bits per heavy atom. The quantitative estimate of drug-likeness (QED) is 0.491. The van der Waals surface area contributed by atoms with Crippen LogP contribution in [0.5, 0.6) is 0 Å². The van der Waals surface area contributed by atoms with Crippen LogP contribution >= 0.6 is 0 Å². The fourth-order valence-corrected chi connectivity index (χ4v) is 2.98. The minimum Gasteiger partial charge on any atom is -0.399 e. The lowest BCUT2D eigenvalue weighted by Crippen LogP contribution is -2.68. The molecule has 0 heterocycles. The molecule has 2 nitrogen and oxygen atoms in total. The van der Waals surface area contributed by atoms with Crippen molar-refractivity contribution in [2.75, 3.05) is 11.5 Å². The predicted octanol–water partition coefficient (Wildman–Crippen LogP) is 5.53. The van der Waals surface area contributed by atoms with Crippen molar-refractivity contribution in [1.29, 1.82) is 0 Å². The maximum atomic E-state index is 14.7. The molecule has 0 saturated heterocycles. The number of nitrogen functional groups attached to an aromatic ring is 2. The standard InChI is InChI=1S/C17H12F10N2/c18-14(19,16(22,23)24)13(15(20,21)17(25,26)27,9-1-5-11(28)6-2-9)10-3-7-12(29)8-4-10/h1-8H,28-29H2. The molecule has 29 heavy (non-hydrogen) atoms. The van der Waals surface area contributed by atoms with Crippen LogP contribution in [0.15, 0.2) is 48.5 Å². The van der Waals surface area contributed by atoms with Gasteiger partial charge in [0.25, 0.3) is 0 Å². The van der Waals surface area contributed by atoms with Crippen LogP contribution in [0.1, 0.15) is 11.1 Å². The highest BCUT2D eigenvalue weighted by molar-refractivity contribution is 5.53. The Morgan fingerprint density at radius 1 is 0.448 bits per heavy atom. The minimum absolute atomic E-state index is 0.259. The van der Waals surface area contributed by atoms with Gasteiger partial charge in [-0.15, -0.1) is 0 Å². The first-order chi connectivity index (χ1) is 13.0. The second-order valence-corrected chi connectivity index (χ2v) is 6.14. The summed E-state index contributed by atoms with van der Waals surface area (Å²) in [6.07, 6.45) is -13.5. The predicted molar refractivity (Wildman–Crippen MR) is 84.5 cm³/mol. The van der Waals surface area contributed by atoms with E-state index in [2.05, 4.69) is 0 Å². The molecule has 0 aliphatic carbocycles. The molecule has 0 spiro atoms. The third kappa shape index (κ3) is 3.23. The summed E-state index contributed by atoms with van der Waals surface area (Å²) in [6.45, 7) is 0. The van der Waals surface area contributed by atoms with Gasteiger partial charge in [-0.3, -0.25) is 0 Å². The first-order valence-electron chi connectivity index (χ1n) is 7.61. The van der Waals surface area contributed by atoms with Gasteiger partial charge in [-0.05, 0) is 35.4 Å². The summed E-state index contributed by atoms with van der Waals surface area (Å²) in [4.78, 5) is 0. The summed E-state index contributed by atoms with van der Waals surface area (Å²) in [6, 6.07) is 3.63. The number of hydrogen-bond acceptors (Lipinski definition) is 2. The number of nitrogens with two attached hydrogens (primary N) is 2. The third-order valence-electron chi connectivity index (χ3n) is 4.34. The number of alkyl halides is 10. The number of hydrogen-bond donors (Lipinski definition) is 2. The van der Waals surface area contributed by atoms with Gasteiger partial charge in [0.05, 0.1) is 0 Å². The van der Waals surface area contributed by atoms with Crippen LogP contribution in [0.3, 0.4) is 0 Å². The van der Waals surface area contributed by atoms with E-state index in [0.29, 0.717) is 24.3 Å². The molecular weight excluding hydrogens is 422 g/mol. The molecule has 0 bridgehead atoms. The molecule has 160 valence electrons. The van der Waals surface area contributed by atoms with Crippen molar-refractivity contribution >= 4 is 11.4 Å². The molecule has 0 aliphatic heterocycles. The number of halogens is 10. The summed E-state index contributed by atoms with van der Waals surface area (Å²) >= 11 is 0. The van der Waals surface area contributed by atoms with E-state index in [9.17, 15) is 43.9 Å². The van der Waals surface area contributed by atoms with Crippen LogP contribution in [-0.4, -0.2) is 24.2 Å². The number of rotatable bonds is 4. The van der Waals surface area contributed by atoms with E-state index in [4.69, 9.17) is 11.5 Å². The highest BCUT2D eigenvalue weighted by Crippen LogP contribution is 2.63. The Kier molecular flexibility index (Phi) is 5.23. The van der Waals surface area contributed by atoms with E-state index in [1.807, 2.05) is 0 Å². The van der Waals surface area contributed by atoms with Gasteiger partial charge in [0.1, 0.15) is 0 Å². The van der Waals surface area contributed by atoms with E-state index in [-0.39, 0.29) is 35.6 Å². The molecule has 4 N–H and O–H groups in total. The van der Waals surface area contributed by atoms with Gasteiger partial charge in [-0.2, -0.15) is 43.9 Å². The first kappa shape index (κ1) is 22.6. The van der Waals surface area contributed by atoms with Crippen LogP contribution in [0.4, 0.5) is 55.3 Å². The van der Waals surface area contributed by atoms with Crippen molar-refractivity contribution in [2.24, 2.45) is 0 Å². The summed E-state index contributed by atoms with van der Waals surface area (Å²) in [5.41, 5.74) is 1.57. The lowest BCUT2D eigenvalue weighted by Gasteiger charge is -2.46. The average molecular weight is 434 g/mol. The molecule has 0 atom stereocenters. The lowest BCUT2D eigenvalue weighted by molar-refractivity contribution is -0.375. The molecule has 12 heteroatoms. The summed E-state index contributed by atoms with van der Waals surface area (Å²) < 4.78 is 138. The number of anilines is 2. The second-order valence-electron chi connectivity index (χ2n) is 6.14. The zero-order valence-corrected chi connectivity index (χ0v) is 14.1. The summed E-state index contributed by atoms with van der Waals surface area (Å²) in [7, 11) is 0. The van der Waals surface area contributed by atoms with E-state index >= 15 is 0 Å². The van der Waals surface area contributed by atoms with Gasteiger partial charge in [-0.1, -0.05) is 24.3 Å². The smallest absolute Gasteiger partial charge is 0.399 e. The van der Waals surface area contributed by atoms with E-state index in [0.717, 1.165) is 0 Å². The molecular formula is C17H12F10N2. The average Bonchev–Trinajstić information content (AvgIpc) is 2.56. The topological polar surface area (TPSA) is 52.0 Å². The lowest BCUT2D eigenvalue weighted by atomic mass is 9.64. The Balaban J connectivity index is 3.13. The van der Waals surface area contributed by atoms with Crippen molar-refractivity contribution in [1.82, 2.24) is 0 Å². The van der Waals surface area contributed by atoms with Crippen molar-refractivity contribution in [3.8, 4) is 0 Å². The largest absolute Gasteiger partial charge is 0.454 e. The highest BCUT2D eigenvalue weighted by atomic mass is 19.4. The van der Waals surface area contributed by atoms with Gasteiger partial charge < -0.3 is 11.5 Å². The maximum Gasteiger partial charge on any atom is 0.454 e. The van der Waals surface area contributed by atoms with Crippen LogP contribution in [0.25, 0.3) is 0 Å². The minimum atomic E-state index is -6.77. The van der Waals surface area contributed by atoms with Crippen LogP contribution < -0.4 is 11.5 Å². The van der Waals surface area contributed by atoms with Gasteiger partial charge in [0.15, 0.2) is 5.41 Å². The molecule has 0 unspecified atom stereocenters. The molecule has 0 aliphatic rings. The van der Waals surface area contributed by atoms with Gasteiger partial charge in [-0.25, -0.2) is 0 Å². The van der Waals surface area contributed by atoms with Gasteiger partial charge in [0.2, 0.25) is 0 Å². The van der Waals surface area contributed by atoms with Gasteiger partial charge >= 0.3 is 24.2 Å². The number of benzene rings is 2. The Hall–Kier alpha value is -2.66. The molecule has 2 rings (SSSR count). The van der Waals surface area contributed by atoms with Crippen LogP contribution in [0, 0.1) is 0 Å². The highest BCUT2D eigenvalue weighted by Gasteiger charge is 2.85. The van der Waals surface area contributed by atoms with Crippen LogP contribution in [-0.2, 0) is 5.41 Å². The van der Waals surface area contributed by atoms with Crippen molar-refractivity contribution in [2.45, 2.75) is 29.6 Å². The Bertz CT molecular complexity index is 778. The SMILES string of the molecule is Nc1ccc(C(c2ccc(N)cc2)(C(F)(F)C(F)(F)F)C(F)(F)C(F)(F)F)cc1. The molecule has 0 amide bonds. The second kappa shape index (κ2) is 6.70. The molecule has 0 fully saturated rings. The molecule has 2 aromatic rings. The van der Waals surface area contributed by atoms with E-state index in [1.165, 1.54) is 0 Å². The Labute approximate surface area is 157 Å². The van der Waals surface area contributed by atoms with E-state index < -0.39 is 40.7 Å². The zero-order chi connectivity index (χ0) is 22.5. The third-order valence-corrected chi connectivity index (χ3v) is 4.34. The fourth-order valence-electron chi connectivity index (χ4n) is 2.98. The normalized spacial score (nSPS) is 14.1. The molecule has 0 aromatic heterocycles. The zero-order valence-electron chi connectivity index (χ0n) is 14.1. The van der Waals surface area contributed by atoms with Crippen molar-refractivity contribution < 1.29 is 43.9 Å². The maximum absolute atomic E-state index is 14.7. The van der Waals surface area contributed by atoms with Crippen molar-refractivity contribution in [3.05, 3.63) is 59.7 Å². The first-order valence-corrected chi connectivity index (χ1v) is 7.61. The summed E-state index contributed by atoms with van der Waals surface area (Å²) in [5.74, 6) is -13.1.